The number of imidazole rings is 1. The van der Waals surface area contributed by atoms with Crippen LogP contribution in [0.15, 0.2) is 12.4 Å². The lowest BCUT2D eigenvalue weighted by Crippen LogP contribution is -2.38. The summed E-state index contributed by atoms with van der Waals surface area (Å²) in [4.78, 5) is 7.02. The van der Waals surface area contributed by atoms with Gasteiger partial charge in [-0.3, -0.25) is 4.90 Å². The van der Waals surface area contributed by atoms with E-state index in [0.717, 1.165) is 26.2 Å². The van der Waals surface area contributed by atoms with Crippen LogP contribution < -0.4 is 5.32 Å². The van der Waals surface area contributed by atoms with Gasteiger partial charge in [0, 0.05) is 31.5 Å². The summed E-state index contributed by atoms with van der Waals surface area (Å²) in [5.41, 5.74) is 0. The van der Waals surface area contributed by atoms with E-state index in [1.165, 1.54) is 31.6 Å². The molecule has 0 aliphatic carbocycles. The van der Waals surface area contributed by atoms with Gasteiger partial charge in [0.05, 0.1) is 6.54 Å². The Balaban J connectivity index is 1.92. The predicted octanol–water partition coefficient (Wildman–Crippen LogP) is 1.87. The largest absolute Gasteiger partial charge is 0.334 e. The number of hydrogen-bond acceptors (Lipinski definition) is 3. The van der Waals surface area contributed by atoms with Crippen LogP contribution in [0.5, 0.6) is 0 Å². The second-order valence-electron chi connectivity index (χ2n) is 5.16. The lowest BCUT2D eigenvalue weighted by atomic mass is 10.2. The highest BCUT2D eigenvalue weighted by molar-refractivity contribution is 4.93. The Morgan fingerprint density at radius 2 is 2.39 bits per heavy atom. The minimum Gasteiger partial charge on any atom is -0.334 e. The minimum atomic E-state index is 0.682. The van der Waals surface area contributed by atoms with Crippen molar-refractivity contribution >= 4 is 0 Å². The second kappa shape index (κ2) is 6.90. The fraction of sp³-hybridized carbons (Fsp3) is 0.786. The molecule has 1 aliphatic rings. The zero-order valence-electron chi connectivity index (χ0n) is 11.7. The molecule has 18 heavy (non-hydrogen) atoms. The van der Waals surface area contributed by atoms with Gasteiger partial charge in [0.15, 0.2) is 0 Å². The summed E-state index contributed by atoms with van der Waals surface area (Å²) in [5, 5.41) is 3.58. The lowest BCUT2D eigenvalue weighted by Gasteiger charge is -2.25. The van der Waals surface area contributed by atoms with Crippen LogP contribution in [-0.4, -0.2) is 40.1 Å². The highest BCUT2D eigenvalue weighted by Crippen LogP contribution is 2.10. The number of hydrogen-bond donors (Lipinski definition) is 1. The number of aryl methyl sites for hydroxylation is 1. The Labute approximate surface area is 110 Å². The number of nitrogens with one attached hydrogen (secondary N) is 1. The number of rotatable bonds is 7. The third-order valence-electron chi connectivity index (χ3n) is 3.69. The topological polar surface area (TPSA) is 33.1 Å². The first-order chi connectivity index (χ1) is 8.83. The Bertz CT molecular complexity index is 341. The van der Waals surface area contributed by atoms with E-state index in [1.807, 2.05) is 6.20 Å². The molecule has 0 spiro atoms. The van der Waals surface area contributed by atoms with Crippen molar-refractivity contribution in [2.45, 2.75) is 52.2 Å². The van der Waals surface area contributed by atoms with E-state index in [1.54, 1.807) is 0 Å². The van der Waals surface area contributed by atoms with E-state index in [0.29, 0.717) is 6.04 Å². The van der Waals surface area contributed by atoms with Crippen molar-refractivity contribution in [2.75, 3.05) is 19.6 Å². The monoisotopic (exact) mass is 250 g/mol. The van der Waals surface area contributed by atoms with Crippen LogP contribution in [0.4, 0.5) is 0 Å². The molecule has 1 unspecified atom stereocenters. The predicted molar refractivity (Wildman–Crippen MR) is 74.5 cm³/mol. The molecule has 2 heterocycles. The van der Waals surface area contributed by atoms with Gasteiger partial charge in [-0.1, -0.05) is 6.92 Å². The fourth-order valence-corrected chi connectivity index (χ4v) is 2.75. The molecule has 4 nitrogen and oxygen atoms in total. The maximum absolute atomic E-state index is 4.48. The molecule has 1 saturated heterocycles. The average Bonchev–Trinajstić information content (AvgIpc) is 3.00. The summed E-state index contributed by atoms with van der Waals surface area (Å²) >= 11 is 0. The number of aromatic nitrogens is 2. The van der Waals surface area contributed by atoms with Gasteiger partial charge in [-0.05, 0) is 39.3 Å². The first kappa shape index (κ1) is 13.6. The quantitative estimate of drug-likeness (QED) is 0.802. The molecule has 1 aromatic rings. The Morgan fingerprint density at radius 1 is 1.50 bits per heavy atom. The first-order valence-electron chi connectivity index (χ1n) is 7.29. The molecule has 0 amide bonds. The molecule has 1 fully saturated rings. The Kier molecular flexibility index (Phi) is 5.20. The minimum absolute atomic E-state index is 0.682. The van der Waals surface area contributed by atoms with Crippen LogP contribution in [-0.2, 0) is 13.1 Å². The van der Waals surface area contributed by atoms with Gasteiger partial charge in [-0.25, -0.2) is 4.98 Å². The van der Waals surface area contributed by atoms with E-state index < -0.39 is 0 Å². The van der Waals surface area contributed by atoms with Crippen LogP contribution in [0, 0.1) is 0 Å². The Morgan fingerprint density at radius 3 is 3.06 bits per heavy atom. The molecule has 102 valence electrons. The van der Waals surface area contributed by atoms with Crippen molar-refractivity contribution in [3.05, 3.63) is 18.2 Å². The van der Waals surface area contributed by atoms with Gasteiger partial charge in [-0.2, -0.15) is 0 Å². The SMILES string of the molecule is CCCN(Cc1nccn1CC)CC1CCCN1. The van der Waals surface area contributed by atoms with Crippen molar-refractivity contribution in [1.29, 1.82) is 0 Å². The summed E-state index contributed by atoms with van der Waals surface area (Å²) in [7, 11) is 0. The molecule has 1 aromatic heterocycles. The molecule has 1 aliphatic heterocycles. The zero-order valence-corrected chi connectivity index (χ0v) is 11.7. The van der Waals surface area contributed by atoms with Crippen molar-refractivity contribution in [1.82, 2.24) is 19.8 Å². The standard InChI is InChI=1S/C14H26N4/c1-3-9-17(11-13-6-5-7-15-13)12-14-16-8-10-18(14)4-2/h8,10,13,15H,3-7,9,11-12H2,1-2H3. The molecule has 1 atom stereocenters. The van der Waals surface area contributed by atoms with Gasteiger partial charge < -0.3 is 9.88 Å². The maximum atomic E-state index is 4.48. The van der Waals surface area contributed by atoms with E-state index >= 15 is 0 Å². The summed E-state index contributed by atoms with van der Waals surface area (Å²) in [6, 6.07) is 0.682. The second-order valence-corrected chi connectivity index (χ2v) is 5.16. The lowest BCUT2D eigenvalue weighted by molar-refractivity contribution is 0.233. The van der Waals surface area contributed by atoms with Crippen molar-refractivity contribution < 1.29 is 0 Å². The van der Waals surface area contributed by atoms with Crippen LogP contribution in [0.3, 0.4) is 0 Å². The molecule has 2 rings (SSSR count). The third-order valence-corrected chi connectivity index (χ3v) is 3.69. The molecule has 0 radical (unpaired) electrons. The normalized spacial score (nSPS) is 19.8. The summed E-state index contributed by atoms with van der Waals surface area (Å²) in [6.45, 7) is 9.92. The molecular weight excluding hydrogens is 224 g/mol. The summed E-state index contributed by atoms with van der Waals surface area (Å²) < 4.78 is 2.24. The van der Waals surface area contributed by atoms with Gasteiger partial charge in [0.2, 0.25) is 0 Å². The molecule has 4 heteroatoms. The van der Waals surface area contributed by atoms with E-state index in [9.17, 15) is 0 Å². The molecule has 0 aromatic carbocycles. The van der Waals surface area contributed by atoms with Gasteiger partial charge in [-0.15, -0.1) is 0 Å². The third kappa shape index (κ3) is 3.56. The highest BCUT2D eigenvalue weighted by atomic mass is 15.2. The molecule has 1 N–H and O–H groups in total. The highest BCUT2D eigenvalue weighted by Gasteiger charge is 2.18. The van der Waals surface area contributed by atoms with Gasteiger partial charge in [0.1, 0.15) is 5.82 Å². The fourth-order valence-electron chi connectivity index (χ4n) is 2.75. The average molecular weight is 250 g/mol. The van der Waals surface area contributed by atoms with Gasteiger partial charge in [0.25, 0.3) is 0 Å². The van der Waals surface area contributed by atoms with E-state index in [-0.39, 0.29) is 0 Å². The zero-order chi connectivity index (χ0) is 12.8. The van der Waals surface area contributed by atoms with Crippen LogP contribution in [0.1, 0.15) is 38.9 Å². The molecular formula is C14H26N4. The Hall–Kier alpha value is -0.870. The number of nitrogens with zero attached hydrogens (tertiary/aromatic N) is 3. The summed E-state index contributed by atoms with van der Waals surface area (Å²) in [6.07, 6.45) is 7.85. The maximum Gasteiger partial charge on any atom is 0.122 e. The molecule has 0 saturated carbocycles. The van der Waals surface area contributed by atoms with E-state index in [4.69, 9.17) is 0 Å². The van der Waals surface area contributed by atoms with Crippen LogP contribution >= 0.6 is 0 Å². The van der Waals surface area contributed by atoms with Crippen LogP contribution in [0.2, 0.25) is 0 Å². The molecule has 0 bridgehead atoms. The van der Waals surface area contributed by atoms with Crippen LogP contribution in [0.25, 0.3) is 0 Å². The summed E-state index contributed by atoms with van der Waals surface area (Å²) in [5.74, 6) is 1.20. The van der Waals surface area contributed by atoms with E-state index in [2.05, 4.69) is 39.8 Å². The first-order valence-corrected chi connectivity index (χ1v) is 7.29. The van der Waals surface area contributed by atoms with Gasteiger partial charge >= 0.3 is 0 Å². The smallest absolute Gasteiger partial charge is 0.122 e. The van der Waals surface area contributed by atoms with Crippen molar-refractivity contribution in [3.63, 3.8) is 0 Å². The van der Waals surface area contributed by atoms with Crippen molar-refractivity contribution in [3.8, 4) is 0 Å². The van der Waals surface area contributed by atoms with Crippen molar-refractivity contribution in [2.24, 2.45) is 0 Å².